The number of hydrogen-bond acceptors (Lipinski definition) is 6. The Morgan fingerprint density at radius 2 is 1.92 bits per heavy atom. The molecule has 0 aliphatic carbocycles. The maximum atomic E-state index is 12.6. The van der Waals surface area contributed by atoms with Crippen molar-refractivity contribution in [1.29, 1.82) is 0 Å². The summed E-state index contributed by atoms with van der Waals surface area (Å²) in [6.07, 6.45) is -1.19. The Labute approximate surface area is 142 Å². The van der Waals surface area contributed by atoms with Gasteiger partial charge in [-0.15, -0.1) is 6.58 Å². The lowest BCUT2D eigenvalue weighted by molar-refractivity contribution is -0.0289. The molecule has 3 N–H and O–H groups in total. The SMILES string of the molecule is C=CC[C@@H]1O[C@H](C[C@H](O)CO)[C@H](O)[C@H]1CS(=O)(=O)c1ccccc1. The van der Waals surface area contributed by atoms with Crippen LogP contribution in [0.25, 0.3) is 0 Å². The Hall–Kier alpha value is -1.25. The first-order chi connectivity index (χ1) is 11.4. The molecule has 0 spiro atoms. The first-order valence-electron chi connectivity index (χ1n) is 7.90. The molecular formula is C17H24O6S. The molecule has 2 rings (SSSR count). The largest absolute Gasteiger partial charge is 0.394 e. The molecule has 0 radical (unpaired) electrons. The Balaban J connectivity index is 2.18. The van der Waals surface area contributed by atoms with Crippen LogP contribution in [0.15, 0.2) is 47.9 Å². The van der Waals surface area contributed by atoms with Crippen LogP contribution in [0.3, 0.4) is 0 Å². The lowest BCUT2D eigenvalue weighted by atomic mass is 9.94. The molecule has 1 aromatic rings. The number of rotatable bonds is 8. The van der Waals surface area contributed by atoms with Gasteiger partial charge in [0, 0.05) is 12.3 Å². The van der Waals surface area contributed by atoms with Crippen LogP contribution in [0.2, 0.25) is 0 Å². The van der Waals surface area contributed by atoms with Gasteiger partial charge in [-0.05, 0) is 18.6 Å². The molecule has 1 aliphatic rings. The first-order valence-corrected chi connectivity index (χ1v) is 9.55. The van der Waals surface area contributed by atoms with Crippen molar-refractivity contribution < 1.29 is 28.5 Å². The topological polar surface area (TPSA) is 104 Å². The van der Waals surface area contributed by atoms with E-state index in [4.69, 9.17) is 9.84 Å². The van der Waals surface area contributed by atoms with E-state index in [9.17, 15) is 18.6 Å². The quantitative estimate of drug-likeness (QED) is 0.587. The van der Waals surface area contributed by atoms with Crippen LogP contribution in [0.4, 0.5) is 0 Å². The third kappa shape index (κ3) is 4.43. The molecule has 24 heavy (non-hydrogen) atoms. The van der Waals surface area contributed by atoms with Crippen LogP contribution >= 0.6 is 0 Å². The monoisotopic (exact) mass is 356 g/mol. The minimum atomic E-state index is -3.57. The normalized spacial score (nSPS) is 28.6. The van der Waals surface area contributed by atoms with Crippen LogP contribution in [0, 0.1) is 5.92 Å². The standard InChI is InChI=1S/C17H24O6S/c1-2-6-15-14(17(20)16(23-15)9-12(19)10-18)11-24(21,22)13-7-4-3-5-8-13/h2-5,7-8,12,14-20H,1,6,9-11H2/t12-,14-,15-,16+,17+/m0/s1. The molecule has 5 atom stereocenters. The van der Waals surface area contributed by atoms with E-state index < -0.39 is 46.8 Å². The Morgan fingerprint density at radius 3 is 2.50 bits per heavy atom. The Morgan fingerprint density at radius 1 is 1.25 bits per heavy atom. The van der Waals surface area contributed by atoms with Gasteiger partial charge in [-0.1, -0.05) is 24.3 Å². The van der Waals surface area contributed by atoms with E-state index in [1.165, 1.54) is 12.1 Å². The second kappa shape index (κ2) is 8.22. The minimum Gasteiger partial charge on any atom is -0.394 e. The minimum absolute atomic E-state index is 0.0488. The lowest BCUT2D eigenvalue weighted by Gasteiger charge is -2.20. The molecule has 0 saturated carbocycles. The highest BCUT2D eigenvalue weighted by Gasteiger charge is 2.45. The summed E-state index contributed by atoms with van der Waals surface area (Å²) in [6, 6.07) is 8.08. The van der Waals surface area contributed by atoms with Crippen molar-refractivity contribution in [2.75, 3.05) is 12.4 Å². The molecule has 6 nitrogen and oxygen atoms in total. The van der Waals surface area contributed by atoms with Gasteiger partial charge in [0.15, 0.2) is 9.84 Å². The zero-order valence-electron chi connectivity index (χ0n) is 13.4. The first kappa shape index (κ1) is 19.1. The zero-order valence-corrected chi connectivity index (χ0v) is 14.2. The van der Waals surface area contributed by atoms with E-state index in [-0.39, 0.29) is 17.1 Å². The van der Waals surface area contributed by atoms with Crippen molar-refractivity contribution in [2.24, 2.45) is 5.92 Å². The molecule has 0 unspecified atom stereocenters. The number of benzene rings is 1. The summed E-state index contributed by atoms with van der Waals surface area (Å²) in [6.45, 7) is 3.20. The molecule has 0 amide bonds. The van der Waals surface area contributed by atoms with Crippen LogP contribution in [-0.2, 0) is 14.6 Å². The smallest absolute Gasteiger partial charge is 0.178 e. The molecule has 1 heterocycles. The molecular weight excluding hydrogens is 332 g/mol. The maximum absolute atomic E-state index is 12.6. The molecule has 0 bridgehead atoms. The Bertz CT molecular complexity index is 630. The van der Waals surface area contributed by atoms with Gasteiger partial charge in [-0.2, -0.15) is 0 Å². The number of aliphatic hydroxyl groups is 3. The maximum Gasteiger partial charge on any atom is 0.178 e. The van der Waals surface area contributed by atoms with E-state index in [2.05, 4.69) is 6.58 Å². The average molecular weight is 356 g/mol. The summed E-state index contributed by atoms with van der Waals surface area (Å²) >= 11 is 0. The summed E-state index contributed by atoms with van der Waals surface area (Å²) in [5.74, 6) is -0.869. The van der Waals surface area contributed by atoms with Gasteiger partial charge in [0.1, 0.15) is 0 Å². The molecule has 1 aromatic carbocycles. The molecule has 0 aromatic heterocycles. The second-order valence-electron chi connectivity index (χ2n) is 6.06. The van der Waals surface area contributed by atoms with Gasteiger partial charge in [0.05, 0.1) is 41.7 Å². The van der Waals surface area contributed by atoms with Crippen molar-refractivity contribution in [3.05, 3.63) is 43.0 Å². The Kier molecular flexibility index (Phi) is 6.54. The number of ether oxygens (including phenoxy) is 1. The van der Waals surface area contributed by atoms with Crippen molar-refractivity contribution in [2.45, 2.75) is 42.2 Å². The third-order valence-corrected chi connectivity index (χ3v) is 6.09. The highest BCUT2D eigenvalue weighted by atomic mass is 32.2. The van der Waals surface area contributed by atoms with Gasteiger partial charge in [-0.25, -0.2) is 8.42 Å². The fraction of sp³-hybridized carbons (Fsp3) is 0.529. The third-order valence-electron chi connectivity index (χ3n) is 4.28. The highest BCUT2D eigenvalue weighted by Crippen LogP contribution is 2.34. The zero-order chi connectivity index (χ0) is 17.7. The summed E-state index contributed by atoms with van der Waals surface area (Å²) < 4.78 is 30.9. The van der Waals surface area contributed by atoms with E-state index in [1.807, 2.05) is 0 Å². The molecule has 134 valence electrons. The average Bonchev–Trinajstić information content (AvgIpc) is 2.84. The van der Waals surface area contributed by atoms with Gasteiger partial charge in [0.25, 0.3) is 0 Å². The molecule has 1 saturated heterocycles. The summed E-state index contributed by atoms with van der Waals surface area (Å²) in [7, 11) is -3.57. The summed E-state index contributed by atoms with van der Waals surface area (Å²) in [5, 5.41) is 29.0. The fourth-order valence-corrected chi connectivity index (χ4v) is 4.70. The summed E-state index contributed by atoms with van der Waals surface area (Å²) in [5.41, 5.74) is 0. The fourth-order valence-electron chi connectivity index (χ4n) is 3.02. The second-order valence-corrected chi connectivity index (χ2v) is 8.09. The van der Waals surface area contributed by atoms with Gasteiger partial charge >= 0.3 is 0 Å². The number of sulfone groups is 1. The lowest BCUT2D eigenvalue weighted by Crippen LogP contribution is -2.35. The van der Waals surface area contributed by atoms with Crippen LogP contribution in [0.5, 0.6) is 0 Å². The van der Waals surface area contributed by atoms with Crippen molar-refractivity contribution in [1.82, 2.24) is 0 Å². The van der Waals surface area contributed by atoms with Crippen LogP contribution in [0.1, 0.15) is 12.8 Å². The van der Waals surface area contributed by atoms with Crippen molar-refractivity contribution >= 4 is 9.84 Å². The summed E-state index contributed by atoms with van der Waals surface area (Å²) in [4.78, 5) is 0.202. The van der Waals surface area contributed by atoms with E-state index in [0.29, 0.717) is 6.42 Å². The van der Waals surface area contributed by atoms with E-state index in [1.54, 1.807) is 24.3 Å². The number of aliphatic hydroxyl groups excluding tert-OH is 3. The van der Waals surface area contributed by atoms with Gasteiger partial charge in [-0.3, -0.25) is 0 Å². The predicted molar refractivity (Wildman–Crippen MR) is 89.2 cm³/mol. The molecule has 1 fully saturated rings. The van der Waals surface area contributed by atoms with Crippen LogP contribution in [-0.4, -0.2) is 60.5 Å². The van der Waals surface area contributed by atoms with E-state index >= 15 is 0 Å². The molecule has 1 aliphatic heterocycles. The predicted octanol–water partition coefficient (Wildman–Crippen LogP) is 0.524. The van der Waals surface area contributed by atoms with E-state index in [0.717, 1.165) is 0 Å². The number of hydrogen-bond donors (Lipinski definition) is 3. The molecule has 7 heteroatoms. The van der Waals surface area contributed by atoms with Gasteiger partial charge < -0.3 is 20.1 Å². The van der Waals surface area contributed by atoms with Gasteiger partial charge in [0.2, 0.25) is 0 Å². The van der Waals surface area contributed by atoms with Crippen molar-refractivity contribution in [3.63, 3.8) is 0 Å². The van der Waals surface area contributed by atoms with Crippen molar-refractivity contribution in [3.8, 4) is 0 Å². The highest BCUT2D eigenvalue weighted by molar-refractivity contribution is 7.91. The van der Waals surface area contributed by atoms with Crippen LogP contribution < -0.4 is 0 Å².